The summed E-state index contributed by atoms with van der Waals surface area (Å²) in [5, 5.41) is 0. The Bertz CT molecular complexity index is 290. The zero-order chi connectivity index (χ0) is 10.8. The molecular weight excluding hydrogens is 193 g/mol. The van der Waals surface area contributed by atoms with Crippen LogP contribution in [0, 0.1) is 0 Å². The number of alkyl halides is 3. The maximum Gasteiger partial charge on any atom is 0.406 e. The van der Waals surface area contributed by atoms with E-state index < -0.39 is 12.7 Å². The van der Waals surface area contributed by atoms with Crippen LogP contribution in [0.5, 0.6) is 0 Å². The van der Waals surface area contributed by atoms with E-state index in [0.717, 1.165) is 16.6 Å². The highest BCUT2D eigenvalue weighted by atomic mass is 19.4. The van der Waals surface area contributed by atoms with Crippen LogP contribution in [0.15, 0.2) is 18.5 Å². The maximum atomic E-state index is 12.0. The average molecular weight is 206 g/mol. The number of hydrogen-bond acceptors (Lipinski definition) is 1. The first-order chi connectivity index (χ1) is 6.42. The third-order valence-electron chi connectivity index (χ3n) is 2.00. The summed E-state index contributed by atoms with van der Waals surface area (Å²) in [6.07, 6.45) is -0.609. The second-order valence-electron chi connectivity index (χ2n) is 3.25. The lowest BCUT2D eigenvalue weighted by Gasteiger charge is -2.08. The van der Waals surface area contributed by atoms with E-state index in [-0.39, 0.29) is 6.04 Å². The van der Waals surface area contributed by atoms with Gasteiger partial charge in [-0.05, 0) is 18.1 Å². The summed E-state index contributed by atoms with van der Waals surface area (Å²) in [6, 6.07) is 1.45. The molecule has 1 unspecified atom stereocenters. The van der Waals surface area contributed by atoms with Crippen LogP contribution in [0.3, 0.4) is 0 Å². The minimum atomic E-state index is -4.17. The number of halogens is 3. The van der Waals surface area contributed by atoms with Crippen LogP contribution in [0.4, 0.5) is 13.2 Å². The van der Waals surface area contributed by atoms with E-state index in [4.69, 9.17) is 5.73 Å². The van der Waals surface area contributed by atoms with Crippen LogP contribution in [0.25, 0.3) is 0 Å². The minimum absolute atomic E-state index is 0.176. The molecular formula is C9H13F3N2. The zero-order valence-corrected chi connectivity index (χ0v) is 7.88. The highest BCUT2D eigenvalue weighted by molar-refractivity contribution is 5.14. The fourth-order valence-corrected chi connectivity index (χ4v) is 1.22. The normalized spacial score (nSPS) is 14.4. The summed E-state index contributed by atoms with van der Waals surface area (Å²) in [7, 11) is 0. The van der Waals surface area contributed by atoms with Gasteiger partial charge in [-0.25, -0.2) is 0 Å². The van der Waals surface area contributed by atoms with Crippen molar-refractivity contribution in [1.82, 2.24) is 4.57 Å². The molecule has 0 fully saturated rings. The van der Waals surface area contributed by atoms with Crippen LogP contribution in [0.1, 0.15) is 24.9 Å². The molecule has 0 aliphatic rings. The molecule has 2 N–H and O–H groups in total. The molecule has 0 saturated carbocycles. The van der Waals surface area contributed by atoms with Crippen LogP contribution in [-0.2, 0) is 6.54 Å². The topological polar surface area (TPSA) is 30.9 Å². The molecule has 0 aliphatic heterocycles. The van der Waals surface area contributed by atoms with Gasteiger partial charge in [0.25, 0.3) is 0 Å². The Morgan fingerprint density at radius 2 is 2.14 bits per heavy atom. The van der Waals surface area contributed by atoms with Gasteiger partial charge in [-0.2, -0.15) is 13.2 Å². The first-order valence-corrected chi connectivity index (χ1v) is 4.40. The van der Waals surface area contributed by atoms with Gasteiger partial charge in [0.05, 0.1) is 0 Å². The molecule has 80 valence electrons. The minimum Gasteiger partial charge on any atom is -0.345 e. The summed E-state index contributed by atoms with van der Waals surface area (Å²) in [5.41, 5.74) is 6.42. The Hall–Kier alpha value is -0.970. The smallest absolute Gasteiger partial charge is 0.345 e. The predicted molar refractivity (Wildman–Crippen MR) is 47.7 cm³/mol. The summed E-state index contributed by atoms with van der Waals surface area (Å²) in [4.78, 5) is 0. The third kappa shape index (κ3) is 3.06. The lowest BCUT2D eigenvalue weighted by molar-refractivity contribution is -0.140. The fraction of sp³-hybridized carbons (Fsp3) is 0.556. The molecule has 0 aromatic carbocycles. The molecule has 0 bridgehead atoms. The van der Waals surface area contributed by atoms with Crippen molar-refractivity contribution in [2.24, 2.45) is 5.73 Å². The van der Waals surface area contributed by atoms with Gasteiger partial charge in [-0.15, -0.1) is 0 Å². The SMILES string of the molecule is CCC(N)c1ccn(CC(F)(F)F)c1. The first kappa shape index (κ1) is 11.1. The molecule has 1 heterocycles. The van der Waals surface area contributed by atoms with Crippen LogP contribution in [-0.4, -0.2) is 10.7 Å². The number of rotatable bonds is 3. The van der Waals surface area contributed by atoms with E-state index >= 15 is 0 Å². The van der Waals surface area contributed by atoms with Crippen molar-refractivity contribution >= 4 is 0 Å². The lowest BCUT2D eigenvalue weighted by Crippen LogP contribution is -2.16. The fourth-order valence-electron chi connectivity index (χ4n) is 1.22. The molecule has 0 spiro atoms. The maximum absolute atomic E-state index is 12.0. The van der Waals surface area contributed by atoms with Gasteiger partial charge in [-0.3, -0.25) is 0 Å². The Labute approximate surface area is 80.5 Å². The second kappa shape index (κ2) is 4.04. The molecule has 1 atom stereocenters. The molecule has 5 heteroatoms. The molecule has 0 amide bonds. The van der Waals surface area contributed by atoms with E-state index in [0.29, 0.717) is 0 Å². The molecule has 0 saturated heterocycles. The number of nitrogens with zero attached hydrogens (tertiary/aromatic N) is 1. The summed E-state index contributed by atoms with van der Waals surface area (Å²) in [5.74, 6) is 0. The highest BCUT2D eigenvalue weighted by Crippen LogP contribution is 2.20. The van der Waals surface area contributed by atoms with Crippen molar-refractivity contribution in [1.29, 1.82) is 0 Å². The monoisotopic (exact) mass is 206 g/mol. The zero-order valence-electron chi connectivity index (χ0n) is 7.88. The van der Waals surface area contributed by atoms with Gasteiger partial charge in [0.15, 0.2) is 0 Å². The Morgan fingerprint density at radius 3 is 2.64 bits per heavy atom. The molecule has 14 heavy (non-hydrogen) atoms. The van der Waals surface area contributed by atoms with Crippen molar-refractivity contribution in [2.75, 3.05) is 0 Å². The van der Waals surface area contributed by atoms with Gasteiger partial charge < -0.3 is 10.3 Å². The van der Waals surface area contributed by atoms with Crippen molar-refractivity contribution < 1.29 is 13.2 Å². The van der Waals surface area contributed by atoms with Gasteiger partial charge in [0.1, 0.15) is 6.54 Å². The molecule has 0 aliphatic carbocycles. The van der Waals surface area contributed by atoms with Crippen molar-refractivity contribution in [3.8, 4) is 0 Å². The molecule has 2 nitrogen and oxygen atoms in total. The van der Waals surface area contributed by atoms with E-state index in [9.17, 15) is 13.2 Å². The summed E-state index contributed by atoms with van der Waals surface area (Å²) >= 11 is 0. The van der Waals surface area contributed by atoms with Crippen molar-refractivity contribution in [2.45, 2.75) is 32.1 Å². The first-order valence-electron chi connectivity index (χ1n) is 4.40. The van der Waals surface area contributed by atoms with Gasteiger partial charge >= 0.3 is 6.18 Å². The quantitative estimate of drug-likeness (QED) is 0.809. The Kier molecular flexibility index (Phi) is 3.21. The average Bonchev–Trinajstić information content (AvgIpc) is 2.48. The summed E-state index contributed by atoms with van der Waals surface area (Å²) < 4.78 is 37.0. The predicted octanol–water partition coefficient (Wildman–Crippen LogP) is 2.46. The van der Waals surface area contributed by atoms with E-state index in [2.05, 4.69) is 0 Å². The molecule has 0 radical (unpaired) electrons. The van der Waals surface area contributed by atoms with Gasteiger partial charge in [0.2, 0.25) is 0 Å². The van der Waals surface area contributed by atoms with Gasteiger partial charge in [0, 0.05) is 18.4 Å². The van der Waals surface area contributed by atoms with E-state index in [1.807, 2.05) is 6.92 Å². The molecule has 1 aromatic rings. The second-order valence-corrected chi connectivity index (χ2v) is 3.25. The van der Waals surface area contributed by atoms with Crippen LogP contribution in [0.2, 0.25) is 0 Å². The van der Waals surface area contributed by atoms with Crippen molar-refractivity contribution in [3.63, 3.8) is 0 Å². The van der Waals surface area contributed by atoms with Crippen molar-refractivity contribution in [3.05, 3.63) is 24.0 Å². The van der Waals surface area contributed by atoms with E-state index in [1.165, 1.54) is 12.4 Å². The third-order valence-corrected chi connectivity index (χ3v) is 2.00. The highest BCUT2D eigenvalue weighted by Gasteiger charge is 2.27. The largest absolute Gasteiger partial charge is 0.406 e. The van der Waals surface area contributed by atoms with Crippen LogP contribution < -0.4 is 5.73 Å². The summed E-state index contributed by atoms with van der Waals surface area (Å²) in [6.45, 7) is 0.940. The van der Waals surface area contributed by atoms with Gasteiger partial charge in [-0.1, -0.05) is 6.92 Å². The molecule has 1 aromatic heterocycles. The number of nitrogens with two attached hydrogens (primary N) is 1. The number of aromatic nitrogens is 1. The Morgan fingerprint density at radius 1 is 1.50 bits per heavy atom. The van der Waals surface area contributed by atoms with E-state index in [1.54, 1.807) is 6.07 Å². The van der Waals surface area contributed by atoms with Crippen LogP contribution >= 0.6 is 0 Å². The number of hydrogen-bond donors (Lipinski definition) is 1. The Balaban J connectivity index is 2.69. The standard InChI is InChI=1S/C9H13F3N2/c1-2-8(13)7-3-4-14(5-7)6-9(10,11)12/h3-5,8H,2,6,13H2,1H3. The molecule has 1 rings (SSSR count). The lowest BCUT2D eigenvalue weighted by atomic mass is 10.1.